The molecule has 1 unspecified atom stereocenters. The largest absolute Gasteiger partial charge is 0.507 e. The second kappa shape index (κ2) is 8.17. The summed E-state index contributed by atoms with van der Waals surface area (Å²) in [5, 5.41) is 13.3. The van der Waals surface area contributed by atoms with Gasteiger partial charge in [0.05, 0.1) is 11.4 Å². The van der Waals surface area contributed by atoms with Gasteiger partial charge in [0.25, 0.3) is 0 Å². The molecule has 4 N–H and O–H groups in total. The Kier molecular flexibility index (Phi) is 6.87. The summed E-state index contributed by atoms with van der Waals surface area (Å²) in [5.74, 6) is 0.823. The first-order valence-electron chi connectivity index (χ1n) is 6.87. The van der Waals surface area contributed by atoms with E-state index in [1.807, 2.05) is 18.2 Å². The molecule has 0 spiro atoms. The number of piperidine rings is 1. The second-order valence-electron chi connectivity index (χ2n) is 5.10. The topological polar surface area (TPSA) is 84.1 Å². The highest BCUT2D eigenvalue weighted by Gasteiger charge is 2.18. The third-order valence-electron chi connectivity index (χ3n) is 3.66. The first-order chi connectivity index (χ1) is 9.74. The number of aromatic hydroxyl groups is 1. The summed E-state index contributed by atoms with van der Waals surface area (Å²) in [6.45, 7) is 1.97. The van der Waals surface area contributed by atoms with Gasteiger partial charge in [0.1, 0.15) is 5.75 Å². The molecule has 1 aliphatic heterocycles. The average Bonchev–Trinajstić information content (AvgIpc) is 2.48. The number of aromatic nitrogens is 2. The smallest absolute Gasteiger partial charge is 0.220 e. The lowest BCUT2D eigenvalue weighted by atomic mass is 9.95. The molecule has 1 atom stereocenters. The van der Waals surface area contributed by atoms with E-state index in [1.54, 1.807) is 12.1 Å². The van der Waals surface area contributed by atoms with Crippen molar-refractivity contribution in [2.75, 3.05) is 18.8 Å². The van der Waals surface area contributed by atoms with Crippen LogP contribution in [-0.4, -0.2) is 28.2 Å². The van der Waals surface area contributed by atoms with Crippen molar-refractivity contribution in [1.82, 2.24) is 15.3 Å². The Balaban J connectivity index is 0.00000121. The van der Waals surface area contributed by atoms with E-state index in [-0.39, 0.29) is 36.5 Å². The zero-order valence-electron chi connectivity index (χ0n) is 12.0. The van der Waals surface area contributed by atoms with Gasteiger partial charge in [-0.1, -0.05) is 12.1 Å². The van der Waals surface area contributed by atoms with E-state index < -0.39 is 0 Å². The van der Waals surface area contributed by atoms with Gasteiger partial charge >= 0.3 is 0 Å². The molecule has 0 saturated carbocycles. The molecule has 2 aromatic rings. The van der Waals surface area contributed by atoms with Crippen molar-refractivity contribution in [3.05, 3.63) is 36.0 Å². The van der Waals surface area contributed by atoms with Crippen LogP contribution < -0.4 is 11.1 Å². The molecular formula is C15H20Cl2N4O. The number of para-hydroxylation sites is 1. The lowest BCUT2D eigenvalue weighted by Gasteiger charge is -2.22. The minimum absolute atomic E-state index is 0. The first kappa shape index (κ1) is 18.5. The number of hydrogen-bond acceptors (Lipinski definition) is 5. The van der Waals surface area contributed by atoms with Crippen molar-refractivity contribution in [3.63, 3.8) is 0 Å². The van der Waals surface area contributed by atoms with Crippen LogP contribution in [0.1, 0.15) is 24.5 Å². The van der Waals surface area contributed by atoms with Crippen molar-refractivity contribution < 1.29 is 5.11 Å². The van der Waals surface area contributed by atoms with E-state index in [0.29, 0.717) is 17.2 Å². The molecule has 7 heteroatoms. The Morgan fingerprint density at radius 1 is 1.18 bits per heavy atom. The van der Waals surface area contributed by atoms with Crippen LogP contribution in [0, 0.1) is 0 Å². The highest BCUT2D eigenvalue weighted by atomic mass is 35.5. The summed E-state index contributed by atoms with van der Waals surface area (Å²) in [4.78, 5) is 8.60. The van der Waals surface area contributed by atoms with E-state index >= 15 is 0 Å². The summed E-state index contributed by atoms with van der Waals surface area (Å²) in [6, 6.07) is 9.07. The lowest BCUT2D eigenvalue weighted by molar-refractivity contribution is 0.454. The number of phenolic OH excluding ortho intramolecular Hbond substituents is 1. The first-order valence-corrected chi connectivity index (χ1v) is 6.87. The molecule has 3 rings (SSSR count). The van der Waals surface area contributed by atoms with Gasteiger partial charge < -0.3 is 16.2 Å². The number of anilines is 1. The molecule has 2 heterocycles. The van der Waals surface area contributed by atoms with E-state index in [9.17, 15) is 5.11 Å². The number of benzene rings is 1. The number of phenols is 1. The molecule has 0 amide bonds. The van der Waals surface area contributed by atoms with Gasteiger partial charge in [-0.2, -0.15) is 0 Å². The zero-order chi connectivity index (χ0) is 13.9. The number of nitrogens with one attached hydrogen (secondary N) is 1. The Morgan fingerprint density at radius 3 is 2.64 bits per heavy atom. The Morgan fingerprint density at radius 2 is 1.95 bits per heavy atom. The van der Waals surface area contributed by atoms with Crippen LogP contribution in [0.4, 0.5) is 5.95 Å². The van der Waals surface area contributed by atoms with Crippen LogP contribution in [-0.2, 0) is 0 Å². The molecule has 0 aliphatic carbocycles. The Hall–Kier alpha value is -1.56. The van der Waals surface area contributed by atoms with Crippen LogP contribution in [0.15, 0.2) is 30.3 Å². The predicted molar refractivity (Wildman–Crippen MR) is 92.9 cm³/mol. The number of nitrogens with two attached hydrogens (primary N) is 1. The fraction of sp³-hybridized carbons (Fsp3) is 0.333. The van der Waals surface area contributed by atoms with Crippen molar-refractivity contribution in [1.29, 1.82) is 0 Å². The standard InChI is InChI=1S/C15H18N4O.2ClH/c16-15-18-12(10-4-3-7-17-9-10)8-13(19-15)11-5-1-2-6-14(11)20;;/h1-2,5-6,8,10,17,20H,3-4,7,9H2,(H2,16,18,19);2*1H. The number of hydrogen-bond donors (Lipinski definition) is 3. The molecule has 1 fully saturated rings. The fourth-order valence-corrected chi connectivity index (χ4v) is 2.63. The summed E-state index contributed by atoms with van der Waals surface area (Å²) < 4.78 is 0. The third kappa shape index (κ3) is 4.00. The maximum atomic E-state index is 9.94. The van der Waals surface area contributed by atoms with Crippen LogP contribution in [0.25, 0.3) is 11.3 Å². The summed E-state index contributed by atoms with van der Waals surface area (Å²) in [7, 11) is 0. The molecular weight excluding hydrogens is 323 g/mol. The van der Waals surface area contributed by atoms with Crippen molar-refractivity contribution in [2.45, 2.75) is 18.8 Å². The molecule has 1 aliphatic rings. The van der Waals surface area contributed by atoms with Gasteiger partial charge in [-0.3, -0.25) is 0 Å². The lowest BCUT2D eigenvalue weighted by Crippen LogP contribution is -2.29. The normalized spacial score (nSPS) is 17.2. The van der Waals surface area contributed by atoms with Crippen molar-refractivity contribution in [3.8, 4) is 17.0 Å². The minimum Gasteiger partial charge on any atom is -0.507 e. The molecule has 22 heavy (non-hydrogen) atoms. The van der Waals surface area contributed by atoms with Crippen LogP contribution in [0.5, 0.6) is 5.75 Å². The van der Waals surface area contributed by atoms with Gasteiger partial charge in [-0.05, 0) is 37.6 Å². The maximum Gasteiger partial charge on any atom is 0.220 e. The summed E-state index contributed by atoms with van der Waals surface area (Å²) >= 11 is 0. The second-order valence-corrected chi connectivity index (χ2v) is 5.10. The van der Waals surface area contributed by atoms with Gasteiger partial charge in [0, 0.05) is 18.0 Å². The van der Waals surface area contributed by atoms with Gasteiger partial charge in [-0.25, -0.2) is 9.97 Å². The van der Waals surface area contributed by atoms with Crippen LogP contribution >= 0.6 is 24.8 Å². The fourth-order valence-electron chi connectivity index (χ4n) is 2.63. The molecule has 1 aromatic carbocycles. The van der Waals surface area contributed by atoms with E-state index in [1.165, 1.54) is 0 Å². The molecule has 0 bridgehead atoms. The molecule has 1 saturated heterocycles. The summed E-state index contributed by atoms with van der Waals surface area (Å²) in [6.07, 6.45) is 2.24. The number of nitrogens with zero attached hydrogens (tertiary/aromatic N) is 2. The molecule has 120 valence electrons. The molecule has 5 nitrogen and oxygen atoms in total. The highest BCUT2D eigenvalue weighted by Crippen LogP contribution is 2.30. The number of nitrogen functional groups attached to an aromatic ring is 1. The third-order valence-corrected chi connectivity index (χ3v) is 3.66. The van der Waals surface area contributed by atoms with Crippen LogP contribution in [0.2, 0.25) is 0 Å². The van der Waals surface area contributed by atoms with E-state index in [4.69, 9.17) is 5.73 Å². The predicted octanol–water partition coefficient (Wildman–Crippen LogP) is 2.74. The molecule has 0 radical (unpaired) electrons. The molecule has 1 aromatic heterocycles. The van der Waals surface area contributed by atoms with Crippen molar-refractivity contribution >= 4 is 30.8 Å². The summed E-state index contributed by atoms with van der Waals surface area (Å²) in [5.41, 5.74) is 8.14. The quantitative estimate of drug-likeness (QED) is 0.781. The zero-order valence-corrected chi connectivity index (χ0v) is 13.7. The van der Waals surface area contributed by atoms with E-state index in [0.717, 1.165) is 31.6 Å². The number of halogens is 2. The monoisotopic (exact) mass is 342 g/mol. The van der Waals surface area contributed by atoms with Gasteiger partial charge in [-0.15, -0.1) is 24.8 Å². The Bertz CT molecular complexity index is 618. The van der Waals surface area contributed by atoms with Gasteiger partial charge in [0.2, 0.25) is 5.95 Å². The Labute approximate surface area is 142 Å². The number of rotatable bonds is 2. The highest BCUT2D eigenvalue weighted by molar-refractivity contribution is 5.85. The van der Waals surface area contributed by atoms with Crippen molar-refractivity contribution in [2.24, 2.45) is 0 Å². The van der Waals surface area contributed by atoms with Crippen LogP contribution in [0.3, 0.4) is 0 Å². The SMILES string of the molecule is Cl.Cl.Nc1nc(-c2ccccc2O)cc(C2CCCNC2)n1. The van der Waals surface area contributed by atoms with E-state index in [2.05, 4.69) is 15.3 Å². The minimum atomic E-state index is 0. The van der Waals surface area contributed by atoms with Gasteiger partial charge in [0.15, 0.2) is 0 Å². The maximum absolute atomic E-state index is 9.94. The average molecular weight is 343 g/mol.